The van der Waals surface area contributed by atoms with Gasteiger partial charge in [-0.15, -0.1) is 0 Å². The molecule has 0 aliphatic rings. The van der Waals surface area contributed by atoms with Crippen LogP contribution >= 0.6 is 0 Å². The molecule has 3 aromatic carbocycles. The zero-order valence-electron chi connectivity index (χ0n) is 17.9. The lowest BCUT2D eigenvalue weighted by molar-refractivity contribution is 0.167. The highest BCUT2D eigenvalue weighted by Crippen LogP contribution is 2.26. The summed E-state index contributed by atoms with van der Waals surface area (Å²) in [5.41, 5.74) is 5.28. The lowest BCUT2D eigenvalue weighted by Gasteiger charge is -2.08. The lowest BCUT2D eigenvalue weighted by atomic mass is 9.99. The van der Waals surface area contributed by atoms with Crippen molar-refractivity contribution >= 4 is 33.8 Å². The van der Waals surface area contributed by atoms with E-state index in [4.69, 9.17) is 4.74 Å². The van der Waals surface area contributed by atoms with Crippen LogP contribution in [0.3, 0.4) is 0 Å². The van der Waals surface area contributed by atoms with Crippen LogP contribution in [0, 0.1) is 0 Å². The third kappa shape index (κ3) is 4.18. The van der Waals surface area contributed by atoms with E-state index in [0.717, 1.165) is 38.8 Å². The van der Waals surface area contributed by atoms with Crippen molar-refractivity contribution in [2.75, 3.05) is 11.9 Å². The van der Waals surface area contributed by atoms with Gasteiger partial charge in [0.2, 0.25) is 5.95 Å². The van der Waals surface area contributed by atoms with Crippen LogP contribution in [0.1, 0.15) is 18.2 Å². The minimum Gasteiger partial charge on any atom is -0.450 e. The summed E-state index contributed by atoms with van der Waals surface area (Å²) in [6, 6.07) is 21.6. The van der Waals surface area contributed by atoms with Gasteiger partial charge in [0.05, 0.1) is 28.7 Å². The van der Waals surface area contributed by atoms with Crippen LogP contribution in [0.25, 0.3) is 32.9 Å². The van der Waals surface area contributed by atoms with Crippen molar-refractivity contribution in [3.05, 3.63) is 88.3 Å². The summed E-state index contributed by atoms with van der Waals surface area (Å²) in [4.78, 5) is 31.2. The van der Waals surface area contributed by atoms with Crippen molar-refractivity contribution in [2.45, 2.75) is 13.3 Å². The van der Waals surface area contributed by atoms with Crippen LogP contribution in [-0.2, 0) is 11.2 Å². The highest BCUT2D eigenvalue weighted by molar-refractivity contribution is 5.88. The van der Waals surface area contributed by atoms with E-state index in [0.29, 0.717) is 17.8 Å². The molecule has 3 N–H and O–H groups in total. The predicted molar refractivity (Wildman–Crippen MR) is 127 cm³/mol. The average molecular weight is 439 g/mol. The molecule has 0 unspecified atom stereocenters. The number of anilines is 1. The first-order chi connectivity index (χ1) is 16.1. The normalized spacial score (nSPS) is 11.1. The van der Waals surface area contributed by atoms with Crippen LogP contribution in [0.5, 0.6) is 0 Å². The Kier molecular flexibility index (Phi) is 5.32. The first-order valence-corrected chi connectivity index (χ1v) is 10.6. The second kappa shape index (κ2) is 8.58. The molecule has 5 rings (SSSR count). The first-order valence-electron chi connectivity index (χ1n) is 10.6. The fourth-order valence-corrected chi connectivity index (χ4v) is 3.87. The van der Waals surface area contributed by atoms with Gasteiger partial charge >= 0.3 is 6.09 Å². The number of hydrogen-bond donors (Lipinski definition) is 3. The Bertz CT molecular complexity index is 1540. The number of rotatable bonds is 5. The van der Waals surface area contributed by atoms with E-state index in [1.807, 2.05) is 54.6 Å². The molecule has 0 spiro atoms. The lowest BCUT2D eigenvalue weighted by Crippen LogP contribution is -2.14. The van der Waals surface area contributed by atoms with E-state index in [9.17, 15) is 9.59 Å². The molecule has 5 aromatic rings. The van der Waals surface area contributed by atoms with Gasteiger partial charge < -0.3 is 9.72 Å². The fourth-order valence-electron chi connectivity index (χ4n) is 3.87. The number of nitrogens with zero attached hydrogens (tertiary/aromatic N) is 2. The Hall–Kier alpha value is -4.46. The number of hydrogen-bond acceptors (Lipinski definition) is 5. The number of amides is 1. The Labute approximate surface area is 188 Å². The molecule has 0 aliphatic heterocycles. The molecule has 0 bridgehead atoms. The summed E-state index contributed by atoms with van der Waals surface area (Å²) in [5, 5.41) is 11.0. The maximum absolute atomic E-state index is 12.1. The van der Waals surface area contributed by atoms with Gasteiger partial charge in [0.25, 0.3) is 5.56 Å². The van der Waals surface area contributed by atoms with E-state index >= 15 is 0 Å². The molecule has 0 radical (unpaired) electrons. The third-order valence-electron chi connectivity index (χ3n) is 5.39. The number of imidazole rings is 1. The van der Waals surface area contributed by atoms with Gasteiger partial charge in [-0.2, -0.15) is 5.10 Å². The van der Waals surface area contributed by atoms with Crippen molar-refractivity contribution < 1.29 is 9.53 Å². The largest absolute Gasteiger partial charge is 0.450 e. The average Bonchev–Trinajstić information content (AvgIpc) is 3.23. The molecule has 0 fully saturated rings. The quantitative estimate of drug-likeness (QED) is 0.370. The van der Waals surface area contributed by atoms with Crippen molar-refractivity contribution in [2.24, 2.45) is 0 Å². The van der Waals surface area contributed by atoms with Crippen LogP contribution in [-0.4, -0.2) is 32.9 Å². The molecule has 0 saturated heterocycles. The number of aromatic nitrogens is 4. The number of H-pyrrole nitrogens is 2. The van der Waals surface area contributed by atoms with Crippen LogP contribution in [0.15, 0.2) is 71.5 Å². The topological polar surface area (TPSA) is 113 Å². The van der Waals surface area contributed by atoms with Crippen molar-refractivity contribution in [1.29, 1.82) is 0 Å². The number of fused-ring (bicyclic) bond motifs is 2. The summed E-state index contributed by atoms with van der Waals surface area (Å²) in [6.45, 7) is 2.03. The van der Waals surface area contributed by atoms with E-state index in [-0.39, 0.29) is 12.2 Å². The van der Waals surface area contributed by atoms with E-state index in [2.05, 4.69) is 31.5 Å². The highest BCUT2D eigenvalue weighted by Gasteiger charge is 2.10. The van der Waals surface area contributed by atoms with Crippen LogP contribution < -0.4 is 10.9 Å². The molecular weight excluding hydrogens is 418 g/mol. The molecule has 164 valence electrons. The minimum absolute atomic E-state index is 0.188. The molecule has 8 nitrogen and oxygen atoms in total. The van der Waals surface area contributed by atoms with Gasteiger partial charge in [-0.1, -0.05) is 48.5 Å². The smallest absolute Gasteiger partial charge is 0.413 e. The van der Waals surface area contributed by atoms with Crippen LogP contribution in [0.4, 0.5) is 10.7 Å². The van der Waals surface area contributed by atoms with Crippen LogP contribution in [0.2, 0.25) is 0 Å². The minimum atomic E-state index is -0.548. The molecule has 0 aliphatic carbocycles. The molecule has 8 heteroatoms. The summed E-state index contributed by atoms with van der Waals surface area (Å²) in [6.07, 6.45) is 0.0384. The SMILES string of the molecule is CCOC(=O)Nc1nc2cc(-c3cccc(Cc4n[nH]c(=O)c5ccccc45)c3)ccc2[nH]1. The van der Waals surface area contributed by atoms with Crippen molar-refractivity contribution in [3.63, 3.8) is 0 Å². The highest BCUT2D eigenvalue weighted by atomic mass is 16.5. The van der Waals surface area contributed by atoms with E-state index < -0.39 is 6.09 Å². The maximum Gasteiger partial charge on any atom is 0.413 e. The zero-order valence-corrected chi connectivity index (χ0v) is 17.9. The molecular formula is C25H21N5O3. The molecule has 0 saturated carbocycles. The van der Waals surface area contributed by atoms with Gasteiger partial charge in [-0.3, -0.25) is 10.1 Å². The zero-order chi connectivity index (χ0) is 22.8. The Balaban J connectivity index is 1.44. The first kappa shape index (κ1) is 20.4. The van der Waals surface area contributed by atoms with Gasteiger partial charge in [0.1, 0.15) is 0 Å². The van der Waals surface area contributed by atoms with Gasteiger partial charge in [-0.25, -0.2) is 14.9 Å². The summed E-state index contributed by atoms with van der Waals surface area (Å²) < 4.78 is 4.90. The summed E-state index contributed by atoms with van der Waals surface area (Å²) in [7, 11) is 0. The maximum atomic E-state index is 12.1. The number of carbonyl (C=O) groups is 1. The molecule has 2 heterocycles. The van der Waals surface area contributed by atoms with Crippen molar-refractivity contribution in [3.8, 4) is 11.1 Å². The second-order valence-corrected chi connectivity index (χ2v) is 7.58. The summed E-state index contributed by atoms with van der Waals surface area (Å²) >= 11 is 0. The van der Waals surface area contributed by atoms with Gasteiger partial charge in [0, 0.05) is 11.8 Å². The fraction of sp³-hybridized carbons (Fsp3) is 0.120. The number of benzene rings is 3. The summed E-state index contributed by atoms with van der Waals surface area (Å²) in [5.74, 6) is 0.338. The van der Waals surface area contributed by atoms with Crippen molar-refractivity contribution in [1.82, 2.24) is 20.2 Å². The second-order valence-electron chi connectivity index (χ2n) is 7.58. The van der Waals surface area contributed by atoms with E-state index in [1.165, 1.54) is 0 Å². The van der Waals surface area contributed by atoms with E-state index in [1.54, 1.807) is 13.0 Å². The molecule has 33 heavy (non-hydrogen) atoms. The Morgan fingerprint density at radius 1 is 1.00 bits per heavy atom. The molecule has 0 atom stereocenters. The predicted octanol–water partition coefficient (Wildman–Crippen LogP) is 4.63. The molecule has 2 aromatic heterocycles. The standard InChI is InChI=1S/C25H21N5O3/c1-2-33-25(32)28-24-26-20-11-10-17(14-22(20)27-24)16-7-5-6-15(12-16)13-21-18-8-3-4-9-19(18)23(31)30-29-21/h3-12,14H,2,13H2,1H3,(H,30,31)(H2,26,27,28,32). The van der Waals surface area contributed by atoms with Gasteiger partial charge in [0.15, 0.2) is 0 Å². The molecule has 1 amide bonds. The monoisotopic (exact) mass is 439 g/mol. The number of ether oxygens (including phenoxy) is 1. The third-order valence-corrected chi connectivity index (χ3v) is 5.39. The Morgan fingerprint density at radius 2 is 1.82 bits per heavy atom. The number of carbonyl (C=O) groups excluding carboxylic acids is 1. The number of nitrogens with one attached hydrogen (secondary N) is 3. The number of aromatic amines is 2. The van der Waals surface area contributed by atoms with Gasteiger partial charge in [-0.05, 0) is 41.8 Å². The Morgan fingerprint density at radius 3 is 2.67 bits per heavy atom.